The summed E-state index contributed by atoms with van der Waals surface area (Å²) in [6, 6.07) is 0. The smallest absolute Gasteiger partial charge is 0 e. The maximum absolute atomic E-state index is 3.15. The Morgan fingerprint density at radius 2 is 2.43 bits per heavy atom. The van der Waals surface area contributed by atoms with Crippen LogP contribution in [0.2, 0.25) is 0 Å². The Morgan fingerprint density at radius 3 is 2.57 bits per heavy atom. The van der Waals surface area contributed by atoms with E-state index in [1.807, 2.05) is 0 Å². The van der Waals surface area contributed by atoms with Gasteiger partial charge in [-0.1, -0.05) is 19.3 Å². The zero-order chi connectivity index (χ0) is 4.41. The maximum atomic E-state index is 3.15. The maximum Gasteiger partial charge on any atom is 0 e. The fraction of sp³-hybridized carbons (Fsp3) is 0.667. The first-order chi connectivity index (χ1) is 2.89. The molecule has 1 aliphatic rings. The van der Waals surface area contributed by atoms with Gasteiger partial charge in [0.15, 0.2) is 0 Å². The van der Waals surface area contributed by atoms with Crippen LogP contribution in [0.4, 0.5) is 0 Å². The molecule has 0 aromatic heterocycles. The van der Waals surface area contributed by atoms with Crippen molar-refractivity contribution in [2.45, 2.75) is 19.8 Å². The number of hydrogen-bond acceptors (Lipinski definition) is 0. The predicted molar refractivity (Wildman–Crippen MR) is 26.2 cm³/mol. The molecule has 0 nitrogen and oxygen atoms in total. The third-order valence-electron chi connectivity index (χ3n) is 1.13. The van der Waals surface area contributed by atoms with E-state index in [9.17, 15) is 0 Å². The van der Waals surface area contributed by atoms with Crippen molar-refractivity contribution in [2.75, 3.05) is 0 Å². The molecule has 0 N–H and O–H groups in total. The zero-order valence-electron chi connectivity index (χ0n) is 4.65. The van der Waals surface area contributed by atoms with Crippen LogP contribution in [0.5, 0.6) is 0 Å². The molecule has 0 fully saturated rings. The molecular formula is C6H9Y-. The van der Waals surface area contributed by atoms with E-state index in [0.717, 1.165) is 5.92 Å². The molecule has 0 aliphatic heterocycles. The normalized spacial score (nSPS) is 27.3. The van der Waals surface area contributed by atoms with Crippen LogP contribution in [-0.4, -0.2) is 0 Å². The van der Waals surface area contributed by atoms with Gasteiger partial charge in [-0.2, -0.15) is 6.42 Å². The number of rotatable bonds is 0. The molecule has 37 valence electrons. The summed E-state index contributed by atoms with van der Waals surface area (Å²) in [5.74, 6) is 0.880. The van der Waals surface area contributed by atoms with Crippen molar-refractivity contribution in [3.05, 3.63) is 12.2 Å². The van der Waals surface area contributed by atoms with Crippen LogP contribution in [0.3, 0.4) is 0 Å². The summed E-state index contributed by atoms with van der Waals surface area (Å²) in [4.78, 5) is 0. The topological polar surface area (TPSA) is 0 Å². The van der Waals surface area contributed by atoms with Crippen LogP contribution >= 0.6 is 0 Å². The van der Waals surface area contributed by atoms with E-state index in [1.54, 1.807) is 0 Å². The largest absolute Gasteiger partial charge is 0.500 e. The first-order valence-corrected chi connectivity index (χ1v) is 2.44. The standard InChI is InChI=1S/C6H9.Y/c1-6-4-2-3-5-6;/h2,6H,4-5H2,1H3;/q-1;. The summed E-state index contributed by atoms with van der Waals surface area (Å²) in [5, 5.41) is 0. The van der Waals surface area contributed by atoms with Gasteiger partial charge in [-0.15, -0.1) is 0 Å². The second-order valence-electron chi connectivity index (χ2n) is 1.95. The van der Waals surface area contributed by atoms with Crippen molar-refractivity contribution >= 4 is 0 Å². The van der Waals surface area contributed by atoms with Crippen molar-refractivity contribution in [1.82, 2.24) is 0 Å². The molecule has 1 aliphatic carbocycles. The van der Waals surface area contributed by atoms with Crippen LogP contribution in [0.15, 0.2) is 6.08 Å². The van der Waals surface area contributed by atoms with Crippen LogP contribution in [-0.2, 0) is 32.7 Å². The first kappa shape index (κ1) is 7.84. The van der Waals surface area contributed by atoms with E-state index in [0.29, 0.717) is 0 Å². The van der Waals surface area contributed by atoms with Gasteiger partial charge in [0.05, 0.1) is 0 Å². The second kappa shape index (κ2) is 3.80. The molecular weight excluding hydrogens is 161 g/mol. The minimum atomic E-state index is 0. The zero-order valence-corrected chi connectivity index (χ0v) is 7.48. The van der Waals surface area contributed by atoms with Crippen molar-refractivity contribution < 1.29 is 32.7 Å². The molecule has 1 radical (unpaired) electrons. The predicted octanol–water partition coefficient (Wildman–Crippen LogP) is 1.77. The SMILES string of the molecule is CC1C[C-]=CC1.[Y]. The summed E-state index contributed by atoms with van der Waals surface area (Å²) in [6.07, 6.45) is 7.71. The molecule has 0 aromatic rings. The van der Waals surface area contributed by atoms with Gasteiger partial charge >= 0.3 is 0 Å². The number of hydrogen-bond donors (Lipinski definition) is 0. The fourth-order valence-electron chi connectivity index (χ4n) is 0.652. The van der Waals surface area contributed by atoms with Gasteiger partial charge < -0.3 is 6.08 Å². The Kier molecular flexibility index (Phi) is 4.26. The van der Waals surface area contributed by atoms with Gasteiger partial charge in [0.1, 0.15) is 0 Å². The minimum absolute atomic E-state index is 0. The summed E-state index contributed by atoms with van der Waals surface area (Å²) >= 11 is 0. The Hall–Kier alpha value is 0.844. The van der Waals surface area contributed by atoms with Crippen LogP contribution in [0.25, 0.3) is 0 Å². The molecule has 7 heavy (non-hydrogen) atoms. The average Bonchev–Trinajstić information content (AvgIpc) is 1.86. The van der Waals surface area contributed by atoms with Crippen LogP contribution < -0.4 is 0 Å². The van der Waals surface area contributed by atoms with Crippen molar-refractivity contribution in [3.63, 3.8) is 0 Å². The first-order valence-electron chi connectivity index (χ1n) is 2.44. The third-order valence-corrected chi connectivity index (χ3v) is 1.13. The molecule has 0 aromatic carbocycles. The Labute approximate surface area is 70.3 Å². The molecule has 1 heteroatoms. The summed E-state index contributed by atoms with van der Waals surface area (Å²) in [7, 11) is 0. The van der Waals surface area contributed by atoms with Gasteiger partial charge in [-0.05, 0) is 0 Å². The number of allylic oxidation sites excluding steroid dienone is 2. The fourth-order valence-corrected chi connectivity index (χ4v) is 0.652. The van der Waals surface area contributed by atoms with Gasteiger partial charge in [-0.25, -0.2) is 0 Å². The molecule has 1 rings (SSSR count). The Morgan fingerprint density at radius 1 is 1.71 bits per heavy atom. The monoisotopic (exact) mass is 170 g/mol. The minimum Gasteiger partial charge on any atom is -0.500 e. The van der Waals surface area contributed by atoms with E-state index >= 15 is 0 Å². The third kappa shape index (κ3) is 2.61. The quantitative estimate of drug-likeness (QED) is 0.486. The van der Waals surface area contributed by atoms with Crippen molar-refractivity contribution in [1.29, 1.82) is 0 Å². The molecule has 0 heterocycles. The molecule has 0 bridgehead atoms. The molecule has 0 saturated heterocycles. The van der Waals surface area contributed by atoms with Crippen LogP contribution in [0, 0.1) is 12.0 Å². The average molecular weight is 170 g/mol. The molecule has 0 saturated carbocycles. The molecule has 1 unspecified atom stereocenters. The summed E-state index contributed by atoms with van der Waals surface area (Å²) in [5.41, 5.74) is 0. The summed E-state index contributed by atoms with van der Waals surface area (Å²) in [6.45, 7) is 2.25. The van der Waals surface area contributed by atoms with Gasteiger partial charge in [-0.3, -0.25) is 6.08 Å². The Balaban J connectivity index is 0.000000360. The van der Waals surface area contributed by atoms with E-state index in [1.165, 1.54) is 12.8 Å². The van der Waals surface area contributed by atoms with Gasteiger partial charge in [0, 0.05) is 32.7 Å². The molecule has 0 spiro atoms. The van der Waals surface area contributed by atoms with Gasteiger partial charge in [0.25, 0.3) is 0 Å². The Bertz CT molecular complexity index is 58.6. The molecule has 0 amide bonds. The summed E-state index contributed by atoms with van der Waals surface area (Å²) < 4.78 is 0. The van der Waals surface area contributed by atoms with E-state index in [4.69, 9.17) is 0 Å². The second-order valence-corrected chi connectivity index (χ2v) is 1.95. The van der Waals surface area contributed by atoms with Crippen LogP contribution in [0.1, 0.15) is 19.8 Å². The van der Waals surface area contributed by atoms with E-state index < -0.39 is 0 Å². The van der Waals surface area contributed by atoms with Crippen molar-refractivity contribution in [2.24, 2.45) is 5.92 Å². The molecule has 1 atom stereocenters. The van der Waals surface area contributed by atoms with Gasteiger partial charge in [0.2, 0.25) is 0 Å². The van der Waals surface area contributed by atoms with E-state index in [-0.39, 0.29) is 32.7 Å². The van der Waals surface area contributed by atoms with E-state index in [2.05, 4.69) is 19.1 Å². The van der Waals surface area contributed by atoms with Crippen molar-refractivity contribution in [3.8, 4) is 0 Å².